The topological polar surface area (TPSA) is 0 Å². The molecule has 1 aliphatic rings. The Morgan fingerprint density at radius 1 is 1.20 bits per heavy atom. The lowest BCUT2D eigenvalue weighted by Gasteiger charge is -1.80. The van der Waals surface area contributed by atoms with E-state index in [2.05, 4.69) is 13.0 Å². The lowest BCUT2D eigenvalue weighted by Crippen LogP contribution is -1.57. The second-order valence-corrected chi connectivity index (χ2v) is 2.79. The van der Waals surface area contributed by atoms with Crippen molar-refractivity contribution in [1.29, 1.82) is 0 Å². The maximum Gasteiger partial charge on any atom is 0.00116 e. The average Bonchev–Trinajstić information content (AvgIpc) is 2.48. The molecule has 0 bridgehead atoms. The minimum atomic E-state index is 1.29. The summed E-state index contributed by atoms with van der Waals surface area (Å²) in [6.45, 7) is 10.2. The summed E-state index contributed by atoms with van der Waals surface area (Å²) < 4.78 is 0. The highest BCUT2D eigenvalue weighted by atomic mass is 32.2. The number of allylic oxidation sites excluding steroid dienone is 2. The van der Waals surface area contributed by atoms with Gasteiger partial charge in [-0.25, -0.2) is 0 Å². The zero-order chi connectivity index (χ0) is 8.41. The molecule has 0 spiro atoms. The Hall–Kier alpha value is 0.0900. The molecule has 0 saturated carbocycles. The molecule has 62 valence electrons. The maximum atomic E-state index is 2.28. The van der Waals surface area contributed by atoms with Gasteiger partial charge in [0.05, 0.1) is 0 Å². The predicted molar refractivity (Wildman–Crippen MR) is 53.5 cm³/mol. The van der Waals surface area contributed by atoms with Gasteiger partial charge in [0, 0.05) is 5.75 Å². The molecule has 0 amide bonds. The van der Waals surface area contributed by atoms with Gasteiger partial charge in [0.25, 0.3) is 0 Å². The molecule has 0 aliphatic carbocycles. The lowest BCUT2D eigenvalue weighted by atomic mass is 10.4. The van der Waals surface area contributed by atoms with Gasteiger partial charge >= 0.3 is 0 Å². The number of thioether (sulfide) groups is 1. The van der Waals surface area contributed by atoms with Crippen molar-refractivity contribution in [3.63, 3.8) is 0 Å². The van der Waals surface area contributed by atoms with Crippen LogP contribution in [0.5, 0.6) is 0 Å². The highest BCUT2D eigenvalue weighted by Gasteiger charge is 1.95. The quantitative estimate of drug-likeness (QED) is 0.514. The first-order chi connectivity index (χ1) is 4.89. The predicted octanol–water partition coefficient (Wildman–Crippen LogP) is 4.08. The maximum absolute atomic E-state index is 2.28. The monoisotopic (exact) mass is 160 g/mol. The van der Waals surface area contributed by atoms with Crippen molar-refractivity contribution in [2.24, 2.45) is 0 Å². The fourth-order valence-corrected chi connectivity index (χ4v) is 1.33. The fraction of sp³-hybridized carbons (Fsp3) is 0.778. The van der Waals surface area contributed by atoms with Gasteiger partial charge in [0.1, 0.15) is 0 Å². The molecule has 0 saturated heterocycles. The van der Waals surface area contributed by atoms with E-state index >= 15 is 0 Å². The van der Waals surface area contributed by atoms with Crippen molar-refractivity contribution in [3.8, 4) is 0 Å². The molecule has 0 radical (unpaired) electrons. The molecular formula is C9H20S. The molecule has 1 aliphatic heterocycles. The summed E-state index contributed by atoms with van der Waals surface area (Å²) in [6.07, 6.45) is 3.57. The Labute approximate surface area is 70.1 Å². The smallest absolute Gasteiger partial charge is 0.00116 e. The van der Waals surface area contributed by atoms with Crippen LogP contribution in [-0.2, 0) is 0 Å². The van der Waals surface area contributed by atoms with Crippen molar-refractivity contribution in [2.75, 3.05) is 5.75 Å². The standard InChI is InChI=1S/C5H8S.2C2H6/c1-5-3-2-4-6-5;2*1-2/h3H,2,4H2,1H3;2*1-2H3. The Kier molecular flexibility index (Phi) is 15.1. The Morgan fingerprint density at radius 3 is 1.80 bits per heavy atom. The van der Waals surface area contributed by atoms with E-state index in [0.29, 0.717) is 0 Å². The van der Waals surface area contributed by atoms with E-state index < -0.39 is 0 Å². The van der Waals surface area contributed by atoms with E-state index in [-0.39, 0.29) is 0 Å². The van der Waals surface area contributed by atoms with Gasteiger partial charge < -0.3 is 0 Å². The molecule has 0 aromatic heterocycles. The first kappa shape index (κ1) is 12.7. The minimum absolute atomic E-state index is 1.29. The summed E-state index contributed by atoms with van der Waals surface area (Å²) in [7, 11) is 0. The van der Waals surface area contributed by atoms with Gasteiger partial charge in [-0.15, -0.1) is 11.8 Å². The third-order valence-corrected chi connectivity index (χ3v) is 1.94. The zero-order valence-electron chi connectivity index (χ0n) is 7.90. The SMILES string of the molecule is CC.CC.CC1=CCCS1. The second-order valence-electron chi connectivity index (χ2n) is 1.45. The second kappa shape index (κ2) is 11.8. The van der Waals surface area contributed by atoms with Crippen LogP contribution in [0, 0.1) is 0 Å². The third kappa shape index (κ3) is 8.09. The first-order valence-electron chi connectivity index (χ1n) is 4.19. The van der Waals surface area contributed by atoms with Crippen molar-refractivity contribution in [1.82, 2.24) is 0 Å². The van der Waals surface area contributed by atoms with Crippen molar-refractivity contribution in [3.05, 3.63) is 11.0 Å². The Morgan fingerprint density at radius 2 is 1.70 bits per heavy atom. The van der Waals surface area contributed by atoms with E-state index in [4.69, 9.17) is 0 Å². The normalized spacial score (nSPS) is 13.9. The molecular weight excluding hydrogens is 140 g/mol. The van der Waals surface area contributed by atoms with Crippen LogP contribution in [-0.4, -0.2) is 5.75 Å². The lowest BCUT2D eigenvalue weighted by molar-refractivity contribution is 1.27. The molecule has 0 aromatic rings. The first-order valence-corrected chi connectivity index (χ1v) is 5.18. The van der Waals surface area contributed by atoms with E-state index in [0.717, 1.165) is 0 Å². The van der Waals surface area contributed by atoms with Crippen molar-refractivity contribution >= 4 is 11.8 Å². The van der Waals surface area contributed by atoms with Crippen LogP contribution in [0.2, 0.25) is 0 Å². The summed E-state index contributed by atoms with van der Waals surface area (Å²) in [6, 6.07) is 0. The van der Waals surface area contributed by atoms with Crippen LogP contribution in [0.25, 0.3) is 0 Å². The third-order valence-electron chi connectivity index (χ3n) is 0.879. The molecule has 0 unspecified atom stereocenters. The fourth-order valence-electron chi connectivity index (χ4n) is 0.541. The van der Waals surface area contributed by atoms with Gasteiger partial charge in [0.15, 0.2) is 0 Å². The zero-order valence-corrected chi connectivity index (χ0v) is 8.72. The number of hydrogen-bond donors (Lipinski definition) is 0. The van der Waals surface area contributed by atoms with Crippen molar-refractivity contribution in [2.45, 2.75) is 41.0 Å². The van der Waals surface area contributed by atoms with E-state index in [9.17, 15) is 0 Å². The van der Waals surface area contributed by atoms with Crippen LogP contribution in [0.15, 0.2) is 11.0 Å². The van der Waals surface area contributed by atoms with Crippen LogP contribution in [0.1, 0.15) is 41.0 Å². The molecule has 0 atom stereocenters. The van der Waals surface area contributed by atoms with Gasteiger partial charge in [-0.05, 0) is 18.2 Å². The van der Waals surface area contributed by atoms with E-state index in [1.54, 1.807) is 0 Å². The molecule has 10 heavy (non-hydrogen) atoms. The molecule has 0 N–H and O–H groups in total. The summed E-state index contributed by atoms with van der Waals surface area (Å²) in [5, 5.41) is 0. The van der Waals surface area contributed by atoms with Crippen LogP contribution in [0.4, 0.5) is 0 Å². The molecule has 0 aromatic carbocycles. The number of rotatable bonds is 0. The van der Waals surface area contributed by atoms with E-state index in [1.807, 2.05) is 39.5 Å². The summed E-state index contributed by atoms with van der Waals surface area (Å²) in [5.41, 5.74) is 0. The highest BCUT2D eigenvalue weighted by molar-refractivity contribution is 8.03. The molecule has 1 heterocycles. The van der Waals surface area contributed by atoms with Crippen LogP contribution in [0.3, 0.4) is 0 Å². The van der Waals surface area contributed by atoms with E-state index in [1.165, 1.54) is 17.1 Å². The van der Waals surface area contributed by atoms with Crippen LogP contribution < -0.4 is 0 Å². The molecule has 0 fully saturated rings. The molecule has 1 rings (SSSR count). The van der Waals surface area contributed by atoms with Gasteiger partial charge in [-0.1, -0.05) is 33.8 Å². The molecule has 1 heteroatoms. The Balaban J connectivity index is 0. The number of hydrogen-bond acceptors (Lipinski definition) is 1. The Bertz CT molecular complexity index is 74.8. The minimum Gasteiger partial charge on any atom is -0.131 e. The van der Waals surface area contributed by atoms with Gasteiger partial charge in [-0.3, -0.25) is 0 Å². The summed E-state index contributed by atoms with van der Waals surface area (Å²) >= 11 is 1.96. The highest BCUT2D eigenvalue weighted by Crippen LogP contribution is 2.22. The summed E-state index contributed by atoms with van der Waals surface area (Å²) in [5.74, 6) is 1.31. The summed E-state index contributed by atoms with van der Waals surface area (Å²) in [4.78, 5) is 1.50. The van der Waals surface area contributed by atoms with Gasteiger partial charge in [0.2, 0.25) is 0 Å². The largest absolute Gasteiger partial charge is 0.131 e. The van der Waals surface area contributed by atoms with Gasteiger partial charge in [-0.2, -0.15) is 0 Å². The van der Waals surface area contributed by atoms with Crippen LogP contribution >= 0.6 is 11.8 Å². The molecule has 0 nitrogen and oxygen atoms in total. The average molecular weight is 160 g/mol. The van der Waals surface area contributed by atoms with Crippen molar-refractivity contribution < 1.29 is 0 Å².